The summed E-state index contributed by atoms with van der Waals surface area (Å²) in [6.45, 7) is 3.17. The Balaban J connectivity index is 1.39. The van der Waals surface area contributed by atoms with E-state index in [1.807, 2.05) is 0 Å². The highest BCUT2D eigenvalue weighted by Crippen LogP contribution is 2.45. The standard InChI is InChI=1S/C23H36F4O/c1-2-3-16-4-13-22(28-15-16)20-11-7-18(8-12-20)17-5-9-19(10-6-17)21(24)14-23(25,26)27/h14,16-20,22H,2-13,15H2,1H3/b21-14-. The van der Waals surface area contributed by atoms with Crippen molar-refractivity contribution in [1.29, 1.82) is 0 Å². The number of alkyl halides is 3. The molecule has 1 aliphatic heterocycles. The molecule has 1 saturated heterocycles. The van der Waals surface area contributed by atoms with Crippen LogP contribution in [-0.2, 0) is 4.74 Å². The fourth-order valence-corrected chi connectivity index (χ4v) is 5.96. The summed E-state index contributed by atoms with van der Waals surface area (Å²) < 4.78 is 57.1. The fraction of sp³-hybridized carbons (Fsp3) is 0.913. The molecule has 0 aromatic carbocycles. The molecule has 5 heteroatoms. The molecule has 0 bridgehead atoms. The Morgan fingerprint density at radius 3 is 1.93 bits per heavy atom. The minimum absolute atomic E-state index is 0.140. The van der Waals surface area contributed by atoms with Crippen LogP contribution >= 0.6 is 0 Å². The SMILES string of the molecule is CCCC1CCC(C2CCC(C3CCC(/C(F)=C/C(F)(F)F)CC3)CC2)OC1. The van der Waals surface area contributed by atoms with Gasteiger partial charge in [-0.1, -0.05) is 13.3 Å². The first-order valence-electron chi connectivity index (χ1n) is 11.4. The van der Waals surface area contributed by atoms with Crippen LogP contribution in [0.1, 0.15) is 84.0 Å². The summed E-state index contributed by atoms with van der Waals surface area (Å²) in [6.07, 6.45) is 8.50. The number of hydrogen-bond acceptors (Lipinski definition) is 1. The predicted molar refractivity (Wildman–Crippen MR) is 104 cm³/mol. The molecule has 162 valence electrons. The molecule has 0 aromatic rings. The second kappa shape index (κ2) is 9.95. The van der Waals surface area contributed by atoms with E-state index in [2.05, 4.69) is 6.92 Å². The molecule has 2 aliphatic carbocycles. The Morgan fingerprint density at radius 1 is 0.857 bits per heavy atom. The van der Waals surface area contributed by atoms with Gasteiger partial charge in [-0.15, -0.1) is 0 Å². The summed E-state index contributed by atoms with van der Waals surface area (Å²) in [5, 5.41) is 0. The highest BCUT2D eigenvalue weighted by molar-refractivity contribution is 5.03. The normalized spacial score (nSPS) is 38.4. The molecular formula is C23H36F4O. The largest absolute Gasteiger partial charge is 0.412 e. The highest BCUT2D eigenvalue weighted by Gasteiger charge is 2.36. The number of allylic oxidation sites excluding steroid dienone is 2. The van der Waals surface area contributed by atoms with E-state index in [-0.39, 0.29) is 6.08 Å². The molecule has 2 saturated carbocycles. The Morgan fingerprint density at radius 2 is 1.43 bits per heavy atom. The van der Waals surface area contributed by atoms with Crippen molar-refractivity contribution in [3.63, 3.8) is 0 Å². The molecule has 28 heavy (non-hydrogen) atoms. The lowest BCUT2D eigenvalue weighted by atomic mass is 9.68. The molecule has 1 nitrogen and oxygen atoms in total. The maximum atomic E-state index is 13.8. The molecular weight excluding hydrogens is 368 g/mol. The van der Waals surface area contributed by atoms with Crippen molar-refractivity contribution in [2.24, 2.45) is 29.6 Å². The number of ether oxygens (including phenoxy) is 1. The summed E-state index contributed by atoms with van der Waals surface area (Å²) in [7, 11) is 0. The topological polar surface area (TPSA) is 9.23 Å². The van der Waals surface area contributed by atoms with Gasteiger partial charge in [0.25, 0.3) is 0 Å². The third-order valence-electron chi connectivity index (χ3n) is 7.57. The molecule has 1 heterocycles. The van der Waals surface area contributed by atoms with E-state index in [9.17, 15) is 17.6 Å². The van der Waals surface area contributed by atoms with Crippen LogP contribution in [0.2, 0.25) is 0 Å². The second-order valence-corrected chi connectivity index (χ2v) is 9.46. The minimum atomic E-state index is -4.54. The number of rotatable bonds is 5. The van der Waals surface area contributed by atoms with Crippen LogP contribution in [0.4, 0.5) is 17.6 Å². The maximum Gasteiger partial charge on any atom is 0.412 e. The maximum absolute atomic E-state index is 13.8. The van der Waals surface area contributed by atoms with Gasteiger partial charge in [0.15, 0.2) is 0 Å². The van der Waals surface area contributed by atoms with Crippen molar-refractivity contribution in [1.82, 2.24) is 0 Å². The van der Waals surface area contributed by atoms with Crippen molar-refractivity contribution in [3.05, 3.63) is 11.9 Å². The van der Waals surface area contributed by atoms with Crippen molar-refractivity contribution in [2.45, 2.75) is 96.3 Å². The smallest absolute Gasteiger partial charge is 0.378 e. The summed E-state index contributed by atoms with van der Waals surface area (Å²) in [5.41, 5.74) is 0. The van der Waals surface area contributed by atoms with E-state index in [1.165, 1.54) is 51.4 Å². The van der Waals surface area contributed by atoms with Gasteiger partial charge in [0.1, 0.15) is 5.83 Å². The molecule has 0 spiro atoms. The first kappa shape index (κ1) is 22.1. The molecule has 3 rings (SSSR count). The van der Waals surface area contributed by atoms with E-state index < -0.39 is 17.9 Å². The van der Waals surface area contributed by atoms with Crippen LogP contribution in [0.3, 0.4) is 0 Å². The predicted octanol–water partition coefficient (Wildman–Crippen LogP) is 7.61. The third-order valence-corrected chi connectivity index (χ3v) is 7.57. The lowest BCUT2D eigenvalue weighted by Gasteiger charge is -2.41. The second-order valence-electron chi connectivity index (χ2n) is 9.46. The third kappa shape index (κ3) is 6.21. The molecule has 2 unspecified atom stereocenters. The minimum Gasteiger partial charge on any atom is -0.378 e. The van der Waals surface area contributed by atoms with Gasteiger partial charge in [0.2, 0.25) is 0 Å². The summed E-state index contributed by atoms with van der Waals surface area (Å²) in [6, 6.07) is 0. The van der Waals surface area contributed by atoms with Gasteiger partial charge in [0, 0.05) is 12.5 Å². The van der Waals surface area contributed by atoms with Crippen LogP contribution in [-0.4, -0.2) is 18.9 Å². The van der Waals surface area contributed by atoms with Crippen molar-refractivity contribution in [3.8, 4) is 0 Å². The lowest BCUT2D eigenvalue weighted by Crippen LogP contribution is -2.35. The molecule has 0 aromatic heterocycles. The summed E-state index contributed by atoms with van der Waals surface area (Å²) >= 11 is 0. The van der Waals surface area contributed by atoms with Gasteiger partial charge in [-0.25, -0.2) is 4.39 Å². The van der Waals surface area contributed by atoms with Crippen molar-refractivity contribution >= 4 is 0 Å². The average Bonchev–Trinajstić information content (AvgIpc) is 2.68. The van der Waals surface area contributed by atoms with Crippen LogP contribution in [0.5, 0.6) is 0 Å². The summed E-state index contributed by atoms with van der Waals surface area (Å²) in [5.74, 6) is 1.17. The van der Waals surface area contributed by atoms with Gasteiger partial charge in [-0.05, 0) is 94.3 Å². The quantitative estimate of drug-likeness (QED) is 0.428. The van der Waals surface area contributed by atoms with E-state index in [4.69, 9.17) is 4.74 Å². The van der Waals surface area contributed by atoms with Gasteiger partial charge >= 0.3 is 6.18 Å². The molecule has 0 N–H and O–H groups in total. The summed E-state index contributed by atoms with van der Waals surface area (Å²) in [4.78, 5) is 0. The van der Waals surface area contributed by atoms with Crippen molar-refractivity contribution in [2.75, 3.05) is 6.61 Å². The Hall–Kier alpha value is -0.580. The van der Waals surface area contributed by atoms with Gasteiger partial charge in [-0.3, -0.25) is 0 Å². The van der Waals surface area contributed by atoms with E-state index >= 15 is 0 Å². The number of halogens is 4. The first-order chi connectivity index (χ1) is 13.4. The van der Waals surface area contributed by atoms with Crippen molar-refractivity contribution < 1.29 is 22.3 Å². The van der Waals surface area contributed by atoms with Crippen LogP contribution < -0.4 is 0 Å². The number of hydrogen-bond donors (Lipinski definition) is 0. The molecule has 2 atom stereocenters. The average molecular weight is 405 g/mol. The van der Waals surface area contributed by atoms with Gasteiger partial charge in [-0.2, -0.15) is 13.2 Å². The lowest BCUT2D eigenvalue weighted by molar-refractivity contribution is -0.0822. The Labute approximate surface area is 167 Å². The highest BCUT2D eigenvalue weighted by atomic mass is 19.4. The van der Waals surface area contributed by atoms with E-state index in [1.54, 1.807) is 0 Å². The van der Waals surface area contributed by atoms with E-state index in [0.29, 0.717) is 36.7 Å². The Bertz CT molecular complexity index is 491. The van der Waals surface area contributed by atoms with Gasteiger partial charge in [0.05, 0.1) is 12.2 Å². The zero-order valence-electron chi connectivity index (χ0n) is 17.2. The molecule has 3 fully saturated rings. The molecule has 0 radical (unpaired) electrons. The van der Waals surface area contributed by atoms with Gasteiger partial charge < -0.3 is 4.74 Å². The van der Waals surface area contributed by atoms with Crippen LogP contribution in [0.15, 0.2) is 11.9 Å². The fourth-order valence-electron chi connectivity index (χ4n) is 5.96. The van der Waals surface area contributed by atoms with Crippen LogP contribution in [0, 0.1) is 29.6 Å². The van der Waals surface area contributed by atoms with E-state index in [0.717, 1.165) is 25.4 Å². The first-order valence-corrected chi connectivity index (χ1v) is 11.4. The molecule has 3 aliphatic rings. The zero-order chi connectivity index (χ0) is 20.1. The van der Waals surface area contributed by atoms with Crippen LogP contribution in [0.25, 0.3) is 0 Å². The zero-order valence-corrected chi connectivity index (χ0v) is 17.2. The Kier molecular flexibility index (Phi) is 7.86. The molecule has 0 amide bonds. The monoisotopic (exact) mass is 404 g/mol.